The molecule has 0 atom stereocenters. The van der Waals surface area contributed by atoms with Gasteiger partial charge < -0.3 is 15.0 Å². The minimum Gasteiger partial charge on any atom is -0.367 e. The summed E-state index contributed by atoms with van der Waals surface area (Å²) in [6.45, 7) is 3.71. The van der Waals surface area contributed by atoms with Crippen LogP contribution in [-0.4, -0.2) is 38.7 Å². The maximum Gasteiger partial charge on any atom is 0.389 e. The zero-order chi connectivity index (χ0) is 22.8. The van der Waals surface area contributed by atoms with Crippen molar-refractivity contribution in [3.63, 3.8) is 0 Å². The smallest absolute Gasteiger partial charge is 0.367 e. The number of hydrogen-bond donors (Lipinski definition) is 3. The lowest BCUT2D eigenvalue weighted by molar-refractivity contribution is -0.129. The molecule has 0 fully saturated rings. The first-order valence-corrected chi connectivity index (χ1v) is 10.1. The molecule has 3 aromatic rings. The first kappa shape index (κ1) is 22.8. The van der Waals surface area contributed by atoms with E-state index in [1.165, 1.54) is 12.5 Å². The highest BCUT2D eigenvalue weighted by Crippen LogP contribution is 2.31. The summed E-state index contributed by atoms with van der Waals surface area (Å²) >= 11 is 0.603. The lowest BCUT2D eigenvalue weighted by atomic mass is 10.0. The fourth-order valence-corrected chi connectivity index (χ4v) is 3.54. The number of aromatic nitrogens is 3. The number of aromatic amines is 1. The third-order valence-electron chi connectivity index (χ3n) is 4.13. The van der Waals surface area contributed by atoms with Gasteiger partial charge in [-0.3, -0.25) is 4.79 Å². The minimum absolute atomic E-state index is 0.0364. The maximum atomic E-state index is 14.9. The monoisotopic (exact) mass is 459 g/mol. The van der Waals surface area contributed by atoms with E-state index in [2.05, 4.69) is 25.0 Å². The van der Waals surface area contributed by atoms with E-state index in [-0.39, 0.29) is 28.4 Å². The van der Waals surface area contributed by atoms with Gasteiger partial charge >= 0.3 is 6.18 Å². The van der Waals surface area contributed by atoms with Crippen molar-refractivity contribution in [2.24, 2.45) is 0 Å². The van der Waals surface area contributed by atoms with E-state index in [4.69, 9.17) is 0 Å². The van der Waals surface area contributed by atoms with Crippen molar-refractivity contribution in [2.45, 2.75) is 32.5 Å². The summed E-state index contributed by atoms with van der Waals surface area (Å²) in [5.41, 5.74) is -0.868. The second-order valence-electron chi connectivity index (χ2n) is 6.88. The molecule has 0 bridgehead atoms. The van der Waals surface area contributed by atoms with Crippen LogP contribution in [0, 0.1) is 11.6 Å². The van der Waals surface area contributed by atoms with Gasteiger partial charge in [0.05, 0.1) is 28.6 Å². The third kappa shape index (κ3) is 5.24. The fourth-order valence-electron chi connectivity index (χ4n) is 2.79. The molecule has 0 saturated carbocycles. The Morgan fingerprint density at radius 3 is 2.65 bits per heavy atom. The van der Waals surface area contributed by atoms with Crippen LogP contribution in [0.15, 0.2) is 24.7 Å². The van der Waals surface area contributed by atoms with E-state index < -0.39 is 35.6 Å². The van der Waals surface area contributed by atoms with Gasteiger partial charge in [0.1, 0.15) is 23.6 Å². The summed E-state index contributed by atoms with van der Waals surface area (Å²) in [6, 6.07) is 1.86. The summed E-state index contributed by atoms with van der Waals surface area (Å²) in [5, 5.41) is 3.33. The standard InChI is InChI=1S/C19H18F5N5OS/c1-9(2)28-18-13-10(7-25-17(13)26-8-27-18)16(30)14-11(20)3-4-12(15(14)21)29-31-6-5-19(22,23)24/h3-4,7-9,29H,5-6H2,1-2H3,(H2,25,26,27,28). The number of halogens is 5. The summed E-state index contributed by atoms with van der Waals surface area (Å²) in [4.78, 5) is 23.9. The van der Waals surface area contributed by atoms with Crippen molar-refractivity contribution in [3.8, 4) is 0 Å². The molecule has 1 aromatic carbocycles. The van der Waals surface area contributed by atoms with Crippen LogP contribution in [0.25, 0.3) is 11.0 Å². The SMILES string of the molecule is CC(C)Nc1ncnc2[nH]cc(C(=O)c3c(F)ccc(NSCCC(F)(F)F)c3F)c12. The van der Waals surface area contributed by atoms with E-state index in [1.54, 1.807) is 0 Å². The van der Waals surface area contributed by atoms with Crippen LogP contribution in [0.3, 0.4) is 0 Å². The molecule has 6 nitrogen and oxygen atoms in total. The van der Waals surface area contributed by atoms with Gasteiger partial charge in [-0.2, -0.15) is 13.2 Å². The zero-order valence-electron chi connectivity index (χ0n) is 16.4. The number of nitrogens with one attached hydrogen (secondary N) is 3. The number of fused-ring (bicyclic) bond motifs is 1. The van der Waals surface area contributed by atoms with Gasteiger partial charge in [0, 0.05) is 18.0 Å². The number of carbonyl (C=O) groups excluding carboxylic acids is 1. The van der Waals surface area contributed by atoms with Crippen LogP contribution in [0.2, 0.25) is 0 Å². The molecule has 2 heterocycles. The van der Waals surface area contributed by atoms with Crippen LogP contribution in [0.5, 0.6) is 0 Å². The molecule has 166 valence electrons. The molecule has 0 aliphatic rings. The zero-order valence-corrected chi connectivity index (χ0v) is 17.2. The number of ketones is 1. The average molecular weight is 459 g/mol. The van der Waals surface area contributed by atoms with Crippen LogP contribution in [0.1, 0.15) is 36.2 Å². The number of carbonyl (C=O) groups is 1. The molecule has 0 aliphatic heterocycles. The van der Waals surface area contributed by atoms with Gasteiger partial charge in [0.25, 0.3) is 0 Å². The largest absolute Gasteiger partial charge is 0.389 e. The highest BCUT2D eigenvalue weighted by Gasteiger charge is 2.28. The number of alkyl halides is 3. The Balaban J connectivity index is 1.93. The highest BCUT2D eigenvalue weighted by atomic mass is 32.2. The molecule has 2 aromatic heterocycles. The number of rotatable bonds is 8. The molecular weight excluding hydrogens is 441 g/mol. The van der Waals surface area contributed by atoms with Gasteiger partial charge in [-0.15, -0.1) is 0 Å². The Morgan fingerprint density at radius 2 is 1.97 bits per heavy atom. The van der Waals surface area contributed by atoms with E-state index in [0.29, 0.717) is 23.4 Å². The minimum atomic E-state index is -4.35. The number of benzene rings is 1. The van der Waals surface area contributed by atoms with E-state index in [9.17, 15) is 26.7 Å². The first-order valence-electron chi connectivity index (χ1n) is 9.14. The maximum absolute atomic E-state index is 14.9. The quantitative estimate of drug-likeness (QED) is 0.184. The van der Waals surface area contributed by atoms with Crippen molar-refractivity contribution in [2.75, 3.05) is 15.8 Å². The Bertz CT molecular complexity index is 1100. The molecule has 0 unspecified atom stereocenters. The molecule has 31 heavy (non-hydrogen) atoms. The molecule has 12 heteroatoms. The van der Waals surface area contributed by atoms with Crippen molar-refractivity contribution in [1.29, 1.82) is 0 Å². The lowest BCUT2D eigenvalue weighted by Gasteiger charge is -2.12. The average Bonchev–Trinajstić information content (AvgIpc) is 3.10. The van der Waals surface area contributed by atoms with E-state index >= 15 is 0 Å². The normalized spacial score (nSPS) is 11.9. The molecule has 0 spiro atoms. The van der Waals surface area contributed by atoms with E-state index in [1.807, 2.05) is 13.8 Å². The van der Waals surface area contributed by atoms with Crippen LogP contribution >= 0.6 is 11.9 Å². The van der Waals surface area contributed by atoms with Gasteiger partial charge in [0.15, 0.2) is 5.82 Å². The number of nitrogens with zero attached hydrogens (tertiary/aromatic N) is 2. The molecule has 3 N–H and O–H groups in total. The molecular formula is C19H18F5N5OS. The Morgan fingerprint density at radius 1 is 1.23 bits per heavy atom. The number of hydrogen-bond acceptors (Lipinski definition) is 6. The highest BCUT2D eigenvalue weighted by molar-refractivity contribution is 8.00. The van der Waals surface area contributed by atoms with Gasteiger partial charge in [0.2, 0.25) is 5.78 Å². The third-order valence-corrected chi connectivity index (χ3v) is 4.90. The van der Waals surface area contributed by atoms with Crippen molar-refractivity contribution < 1.29 is 26.7 Å². The Hall–Kier alpha value is -2.89. The predicted octanol–water partition coefficient (Wildman–Crippen LogP) is 5.30. The molecule has 0 aliphatic carbocycles. The summed E-state index contributed by atoms with van der Waals surface area (Å²) < 4.78 is 68.5. The molecule has 0 amide bonds. The first-order chi connectivity index (χ1) is 14.6. The molecule has 0 radical (unpaired) electrons. The van der Waals surface area contributed by atoms with Gasteiger partial charge in [-0.25, -0.2) is 18.7 Å². The molecule has 0 saturated heterocycles. The summed E-state index contributed by atoms with van der Waals surface area (Å²) in [6.07, 6.45) is -2.87. The predicted molar refractivity (Wildman–Crippen MR) is 109 cm³/mol. The fraction of sp³-hybridized carbons (Fsp3) is 0.316. The summed E-state index contributed by atoms with van der Waals surface area (Å²) in [7, 11) is 0. The van der Waals surface area contributed by atoms with E-state index in [0.717, 1.165) is 12.1 Å². The summed E-state index contributed by atoms with van der Waals surface area (Å²) in [5.74, 6) is -3.31. The molecule has 3 rings (SSSR count). The second-order valence-corrected chi connectivity index (χ2v) is 7.78. The number of anilines is 2. The number of H-pyrrole nitrogens is 1. The van der Waals surface area contributed by atoms with Crippen LogP contribution < -0.4 is 10.0 Å². The Kier molecular flexibility index (Phi) is 6.68. The van der Waals surface area contributed by atoms with Crippen LogP contribution in [0.4, 0.5) is 33.5 Å². The Labute approximate surface area is 178 Å². The lowest BCUT2D eigenvalue weighted by Crippen LogP contribution is -2.13. The van der Waals surface area contributed by atoms with Crippen molar-refractivity contribution >= 4 is 40.3 Å². The second kappa shape index (κ2) is 9.08. The topological polar surface area (TPSA) is 82.7 Å². The van der Waals surface area contributed by atoms with Gasteiger partial charge in [-0.1, -0.05) is 11.9 Å². The van der Waals surface area contributed by atoms with Gasteiger partial charge in [-0.05, 0) is 26.0 Å². The van der Waals surface area contributed by atoms with Crippen molar-refractivity contribution in [3.05, 3.63) is 47.4 Å². The van der Waals surface area contributed by atoms with Crippen LogP contribution in [-0.2, 0) is 0 Å². The van der Waals surface area contributed by atoms with Crippen molar-refractivity contribution in [1.82, 2.24) is 15.0 Å².